The number of ether oxygens (including phenoxy) is 2. The summed E-state index contributed by atoms with van der Waals surface area (Å²) >= 11 is 9.42. The number of halogens is 2. The van der Waals surface area contributed by atoms with Gasteiger partial charge in [0.15, 0.2) is 0 Å². The highest BCUT2D eigenvalue weighted by Gasteiger charge is 2.14. The molecule has 0 radical (unpaired) electrons. The van der Waals surface area contributed by atoms with Gasteiger partial charge < -0.3 is 9.47 Å². The molecule has 0 fully saturated rings. The van der Waals surface area contributed by atoms with Gasteiger partial charge in [0, 0.05) is 15.6 Å². The molecular weight excluding hydrogens is 472 g/mol. The van der Waals surface area contributed by atoms with Gasteiger partial charge in [0.25, 0.3) is 5.91 Å². The third-order valence-electron chi connectivity index (χ3n) is 3.99. The van der Waals surface area contributed by atoms with Crippen molar-refractivity contribution >= 4 is 45.6 Å². The van der Waals surface area contributed by atoms with Crippen LogP contribution in [0, 0.1) is 0 Å². The van der Waals surface area contributed by atoms with Crippen LogP contribution in [-0.4, -0.2) is 25.2 Å². The number of methoxy groups -OCH3 is 1. The van der Waals surface area contributed by atoms with E-state index in [2.05, 4.69) is 26.5 Å². The lowest BCUT2D eigenvalue weighted by atomic mass is 10.2. The fraction of sp³-hybridized carbons (Fsp3) is 0.0455. The minimum absolute atomic E-state index is 0.248. The molecule has 30 heavy (non-hydrogen) atoms. The van der Waals surface area contributed by atoms with Crippen LogP contribution >= 0.6 is 27.5 Å². The van der Waals surface area contributed by atoms with E-state index in [1.807, 2.05) is 0 Å². The maximum absolute atomic E-state index is 12.4. The van der Waals surface area contributed by atoms with Crippen LogP contribution in [0.5, 0.6) is 11.5 Å². The van der Waals surface area contributed by atoms with Gasteiger partial charge in [-0.3, -0.25) is 4.79 Å². The highest BCUT2D eigenvalue weighted by Crippen LogP contribution is 2.24. The summed E-state index contributed by atoms with van der Waals surface area (Å²) in [4.78, 5) is 24.7. The summed E-state index contributed by atoms with van der Waals surface area (Å²) in [6.07, 6.45) is 1.39. The second-order valence-electron chi connectivity index (χ2n) is 5.98. The average molecular weight is 488 g/mol. The van der Waals surface area contributed by atoms with E-state index in [1.165, 1.54) is 6.21 Å². The van der Waals surface area contributed by atoms with Crippen molar-refractivity contribution in [1.29, 1.82) is 0 Å². The molecule has 0 saturated heterocycles. The largest absolute Gasteiger partial charge is 0.497 e. The Morgan fingerprint density at radius 2 is 1.80 bits per heavy atom. The first-order valence-corrected chi connectivity index (χ1v) is 9.89. The third kappa shape index (κ3) is 5.46. The highest BCUT2D eigenvalue weighted by molar-refractivity contribution is 9.10. The zero-order chi connectivity index (χ0) is 21.5. The van der Waals surface area contributed by atoms with Crippen LogP contribution in [0.15, 0.2) is 76.3 Å². The Morgan fingerprint density at radius 3 is 2.50 bits per heavy atom. The maximum atomic E-state index is 12.4. The third-order valence-corrected chi connectivity index (χ3v) is 4.81. The molecule has 0 aliphatic heterocycles. The molecule has 6 nitrogen and oxygen atoms in total. The zero-order valence-electron chi connectivity index (χ0n) is 15.8. The average Bonchev–Trinajstić information content (AvgIpc) is 2.75. The predicted molar refractivity (Wildman–Crippen MR) is 119 cm³/mol. The molecule has 0 saturated carbocycles. The van der Waals surface area contributed by atoms with Gasteiger partial charge in [0.2, 0.25) is 0 Å². The van der Waals surface area contributed by atoms with Crippen LogP contribution in [0.3, 0.4) is 0 Å². The summed E-state index contributed by atoms with van der Waals surface area (Å²) < 4.78 is 11.3. The van der Waals surface area contributed by atoms with Crippen molar-refractivity contribution in [1.82, 2.24) is 5.43 Å². The Kier molecular flexibility index (Phi) is 7.21. The molecular formula is C22H16BrClN2O4. The summed E-state index contributed by atoms with van der Waals surface area (Å²) in [5.74, 6) is -0.0712. The van der Waals surface area contributed by atoms with E-state index in [4.69, 9.17) is 21.1 Å². The number of hydrogen-bond donors (Lipinski definition) is 1. The molecule has 0 heterocycles. The van der Waals surface area contributed by atoms with Crippen LogP contribution in [0.4, 0.5) is 0 Å². The Bertz CT molecular complexity index is 1100. The lowest BCUT2D eigenvalue weighted by molar-refractivity contribution is 0.0734. The van der Waals surface area contributed by atoms with Gasteiger partial charge in [0.1, 0.15) is 11.5 Å². The Balaban J connectivity index is 1.74. The number of carbonyl (C=O) groups excluding carboxylic acids is 2. The second-order valence-corrected chi connectivity index (χ2v) is 7.30. The molecule has 0 spiro atoms. The first-order valence-electron chi connectivity index (χ1n) is 8.71. The van der Waals surface area contributed by atoms with Crippen LogP contribution in [0.25, 0.3) is 0 Å². The summed E-state index contributed by atoms with van der Waals surface area (Å²) in [5.41, 5.74) is 3.60. The molecule has 0 atom stereocenters. The molecule has 152 valence electrons. The summed E-state index contributed by atoms with van der Waals surface area (Å²) in [6.45, 7) is 0. The maximum Gasteiger partial charge on any atom is 0.345 e. The molecule has 3 aromatic rings. The quantitative estimate of drug-likeness (QED) is 0.227. The van der Waals surface area contributed by atoms with E-state index in [0.29, 0.717) is 21.9 Å². The molecule has 8 heteroatoms. The van der Waals surface area contributed by atoms with Crippen molar-refractivity contribution in [2.24, 2.45) is 5.10 Å². The molecule has 3 aromatic carbocycles. The van der Waals surface area contributed by atoms with Crippen molar-refractivity contribution < 1.29 is 19.1 Å². The standard InChI is InChI=1S/C22H16BrClN2O4/c1-29-17-9-6-14(7-10-17)21(27)26-25-13-15-12-16(23)8-11-20(15)30-22(28)18-4-2-3-5-19(18)24/h2-13H,1H3,(H,26,27)/b25-13-. The fourth-order valence-electron chi connectivity index (χ4n) is 2.46. The lowest BCUT2D eigenvalue weighted by Gasteiger charge is -2.09. The molecule has 0 bridgehead atoms. The molecule has 0 aliphatic carbocycles. The number of amides is 1. The van der Waals surface area contributed by atoms with Gasteiger partial charge in [-0.15, -0.1) is 0 Å². The van der Waals surface area contributed by atoms with Crippen LogP contribution in [-0.2, 0) is 0 Å². The molecule has 1 amide bonds. The van der Waals surface area contributed by atoms with Gasteiger partial charge in [-0.05, 0) is 54.6 Å². The molecule has 0 unspecified atom stereocenters. The highest BCUT2D eigenvalue weighted by atomic mass is 79.9. The summed E-state index contributed by atoms with van der Waals surface area (Å²) in [5, 5.41) is 4.26. The topological polar surface area (TPSA) is 77.0 Å². The molecule has 0 aromatic heterocycles. The Morgan fingerprint density at radius 1 is 1.07 bits per heavy atom. The van der Waals surface area contributed by atoms with Crippen LogP contribution in [0.1, 0.15) is 26.3 Å². The first-order chi connectivity index (χ1) is 14.5. The molecule has 3 rings (SSSR count). The SMILES string of the molecule is COc1ccc(C(=O)N/N=C\c2cc(Br)ccc2OC(=O)c2ccccc2Cl)cc1. The monoisotopic (exact) mass is 486 g/mol. The lowest BCUT2D eigenvalue weighted by Crippen LogP contribution is -2.17. The molecule has 0 aliphatic rings. The molecule has 1 N–H and O–H groups in total. The number of nitrogens with zero attached hydrogens (tertiary/aromatic N) is 1. The number of carbonyl (C=O) groups is 2. The van der Waals surface area contributed by atoms with Crippen molar-refractivity contribution in [3.05, 3.63) is 92.9 Å². The predicted octanol–water partition coefficient (Wildman–Crippen LogP) is 5.09. The minimum atomic E-state index is -0.597. The van der Waals surface area contributed by atoms with E-state index in [-0.39, 0.29) is 11.3 Å². The van der Waals surface area contributed by atoms with Crippen LogP contribution < -0.4 is 14.9 Å². The van der Waals surface area contributed by atoms with Gasteiger partial charge >= 0.3 is 5.97 Å². The van der Waals surface area contributed by atoms with Gasteiger partial charge in [-0.25, -0.2) is 10.2 Å². The van der Waals surface area contributed by atoms with Crippen molar-refractivity contribution in [3.63, 3.8) is 0 Å². The van der Waals surface area contributed by atoms with E-state index >= 15 is 0 Å². The van der Waals surface area contributed by atoms with Gasteiger partial charge in [-0.2, -0.15) is 5.10 Å². The smallest absolute Gasteiger partial charge is 0.345 e. The van der Waals surface area contributed by atoms with Crippen LogP contribution in [0.2, 0.25) is 5.02 Å². The Hall–Kier alpha value is -3.16. The summed E-state index contributed by atoms with van der Waals surface area (Å²) in [7, 11) is 1.55. The van der Waals surface area contributed by atoms with Gasteiger partial charge in [-0.1, -0.05) is 39.7 Å². The van der Waals surface area contributed by atoms with E-state index < -0.39 is 11.9 Å². The van der Waals surface area contributed by atoms with Crippen molar-refractivity contribution in [2.75, 3.05) is 7.11 Å². The van der Waals surface area contributed by atoms with E-state index in [0.717, 1.165) is 4.47 Å². The number of nitrogens with one attached hydrogen (secondary N) is 1. The zero-order valence-corrected chi connectivity index (χ0v) is 18.1. The number of esters is 1. The fourth-order valence-corrected chi connectivity index (χ4v) is 3.05. The minimum Gasteiger partial charge on any atom is -0.497 e. The number of rotatable bonds is 6. The number of hydrogen-bond acceptors (Lipinski definition) is 5. The first kappa shape index (κ1) is 21.5. The van der Waals surface area contributed by atoms with Crippen molar-refractivity contribution in [3.8, 4) is 11.5 Å². The second kappa shape index (κ2) is 10.0. The van der Waals surface area contributed by atoms with Crippen molar-refractivity contribution in [2.45, 2.75) is 0 Å². The van der Waals surface area contributed by atoms with E-state index in [9.17, 15) is 9.59 Å². The normalized spacial score (nSPS) is 10.6. The van der Waals surface area contributed by atoms with E-state index in [1.54, 1.807) is 73.8 Å². The number of hydrazone groups is 1. The van der Waals surface area contributed by atoms with Gasteiger partial charge in [0.05, 0.1) is 23.9 Å². The summed E-state index contributed by atoms with van der Waals surface area (Å²) in [6, 6.07) is 18.3. The number of benzene rings is 3. The Labute approximate surface area is 186 Å².